The second kappa shape index (κ2) is 9.53. The molecule has 0 unspecified atom stereocenters. The Bertz CT molecular complexity index is 1310. The van der Waals surface area contributed by atoms with Crippen molar-refractivity contribution >= 4 is 46.1 Å². The van der Waals surface area contributed by atoms with Gasteiger partial charge in [0.05, 0.1) is 29.4 Å². The Hall–Kier alpha value is -3.84. The van der Waals surface area contributed by atoms with Crippen LogP contribution >= 0.6 is 11.6 Å². The van der Waals surface area contributed by atoms with Gasteiger partial charge in [0.15, 0.2) is 6.61 Å². The predicted octanol–water partition coefficient (Wildman–Crippen LogP) is 4.45. The summed E-state index contributed by atoms with van der Waals surface area (Å²) < 4.78 is 12.8. The van der Waals surface area contributed by atoms with E-state index >= 15 is 0 Å². The highest BCUT2D eigenvalue weighted by atomic mass is 35.5. The summed E-state index contributed by atoms with van der Waals surface area (Å²) in [5, 5.41) is 5.29. The van der Waals surface area contributed by atoms with Gasteiger partial charge in [0.25, 0.3) is 5.91 Å². The number of rotatable bonds is 7. The average molecular weight is 450 g/mol. The molecule has 0 atom stereocenters. The standard InChI is InChI=1S/C24H20ClN3O4/c1-2-31-24(30)23-19-11-10-18(13-21(19)28-12-4-3-5-20(23)28)32-15-22(29)27-26-14-16-6-8-17(25)9-7-16/h3-14H,2,15H2,1H3,(H,27,29)/b26-14-. The lowest BCUT2D eigenvalue weighted by molar-refractivity contribution is -0.123. The molecule has 0 saturated heterocycles. The molecular formula is C24H20ClN3O4. The molecule has 4 aromatic rings. The van der Waals surface area contributed by atoms with Crippen molar-refractivity contribution in [3.63, 3.8) is 0 Å². The molecule has 4 rings (SSSR count). The summed E-state index contributed by atoms with van der Waals surface area (Å²) in [6.45, 7) is 1.85. The third kappa shape index (κ3) is 4.58. The van der Waals surface area contributed by atoms with Crippen molar-refractivity contribution in [1.29, 1.82) is 0 Å². The van der Waals surface area contributed by atoms with Crippen LogP contribution in [0.3, 0.4) is 0 Å². The van der Waals surface area contributed by atoms with Crippen LogP contribution in [0, 0.1) is 0 Å². The summed E-state index contributed by atoms with van der Waals surface area (Å²) in [6, 6.07) is 17.9. The molecule has 2 aromatic carbocycles. The minimum absolute atomic E-state index is 0.211. The van der Waals surface area contributed by atoms with Crippen molar-refractivity contribution in [2.75, 3.05) is 13.2 Å². The van der Waals surface area contributed by atoms with Gasteiger partial charge in [-0.25, -0.2) is 10.2 Å². The summed E-state index contributed by atoms with van der Waals surface area (Å²) in [7, 11) is 0. The highest BCUT2D eigenvalue weighted by molar-refractivity contribution is 6.30. The van der Waals surface area contributed by atoms with E-state index in [0.717, 1.165) is 22.0 Å². The number of aromatic nitrogens is 1. The lowest BCUT2D eigenvalue weighted by Gasteiger charge is -2.06. The Balaban J connectivity index is 1.48. The summed E-state index contributed by atoms with van der Waals surface area (Å²) >= 11 is 5.84. The first kappa shape index (κ1) is 21.4. The van der Waals surface area contributed by atoms with Crippen molar-refractivity contribution in [3.8, 4) is 5.75 Å². The fourth-order valence-corrected chi connectivity index (χ4v) is 3.46. The van der Waals surface area contributed by atoms with E-state index in [9.17, 15) is 9.59 Å². The number of carbonyl (C=O) groups is 2. The fourth-order valence-electron chi connectivity index (χ4n) is 3.33. The Morgan fingerprint density at radius 3 is 2.69 bits per heavy atom. The van der Waals surface area contributed by atoms with Crippen molar-refractivity contribution in [2.24, 2.45) is 5.10 Å². The van der Waals surface area contributed by atoms with Gasteiger partial charge < -0.3 is 13.9 Å². The van der Waals surface area contributed by atoms with Gasteiger partial charge in [0.1, 0.15) is 5.75 Å². The molecular weight excluding hydrogens is 430 g/mol. The molecule has 0 radical (unpaired) electrons. The summed E-state index contributed by atoms with van der Waals surface area (Å²) in [5.41, 5.74) is 5.25. The summed E-state index contributed by atoms with van der Waals surface area (Å²) in [6.07, 6.45) is 3.38. The highest BCUT2D eigenvalue weighted by Crippen LogP contribution is 2.30. The number of hydrogen-bond acceptors (Lipinski definition) is 5. The number of nitrogens with zero attached hydrogens (tertiary/aromatic N) is 2. The maximum atomic E-state index is 12.5. The first-order valence-electron chi connectivity index (χ1n) is 9.97. The van der Waals surface area contributed by atoms with Crippen molar-refractivity contribution in [2.45, 2.75) is 6.92 Å². The van der Waals surface area contributed by atoms with Gasteiger partial charge in [-0.05, 0) is 48.9 Å². The molecule has 0 spiro atoms. The van der Waals surface area contributed by atoms with Gasteiger partial charge in [0.2, 0.25) is 0 Å². The van der Waals surface area contributed by atoms with Gasteiger partial charge >= 0.3 is 5.97 Å². The monoisotopic (exact) mass is 449 g/mol. The van der Waals surface area contributed by atoms with Crippen LogP contribution < -0.4 is 10.2 Å². The molecule has 162 valence electrons. The topological polar surface area (TPSA) is 81.4 Å². The fraction of sp³-hybridized carbons (Fsp3) is 0.125. The van der Waals surface area contributed by atoms with Crippen LogP contribution in [0.4, 0.5) is 0 Å². The van der Waals surface area contributed by atoms with Crippen LogP contribution in [-0.4, -0.2) is 35.7 Å². The van der Waals surface area contributed by atoms with Gasteiger partial charge in [-0.1, -0.05) is 29.8 Å². The van der Waals surface area contributed by atoms with Crippen molar-refractivity contribution < 1.29 is 19.1 Å². The molecule has 0 aliphatic rings. The zero-order chi connectivity index (χ0) is 22.5. The molecule has 32 heavy (non-hydrogen) atoms. The molecule has 7 nitrogen and oxygen atoms in total. The molecule has 1 amide bonds. The van der Waals surface area contributed by atoms with E-state index in [1.54, 1.807) is 49.4 Å². The molecule has 2 heterocycles. The SMILES string of the molecule is CCOC(=O)c1c2ccc(OCC(=O)N/N=C\c3ccc(Cl)cc3)cc2n2ccccc12. The van der Waals surface area contributed by atoms with Crippen LogP contribution in [0.25, 0.3) is 16.4 Å². The number of ether oxygens (including phenoxy) is 2. The second-order valence-corrected chi connectivity index (χ2v) is 7.30. The Morgan fingerprint density at radius 2 is 1.91 bits per heavy atom. The third-order valence-electron chi connectivity index (χ3n) is 4.74. The van der Waals surface area contributed by atoms with Crippen LogP contribution in [0.5, 0.6) is 5.75 Å². The molecule has 2 aromatic heterocycles. The van der Waals surface area contributed by atoms with Crippen molar-refractivity contribution in [1.82, 2.24) is 9.83 Å². The van der Waals surface area contributed by atoms with Gasteiger partial charge in [-0.15, -0.1) is 0 Å². The zero-order valence-electron chi connectivity index (χ0n) is 17.2. The highest BCUT2D eigenvalue weighted by Gasteiger charge is 2.19. The van der Waals surface area contributed by atoms with Crippen LogP contribution in [-0.2, 0) is 9.53 Å². The quantitative estimate of drug-likeness (QED) is 0.257. The maximum Gasteiger partial charge on any atom is 0.340 e. The number of benzene rings is 2. The number of fused-ring (bicyclic) bond motifs is 3. The molecule has 0 aliphatic heterocycles. The molecule has 0 fully saturated rings. The number of pyridine rings is 1. The van der Waals surface area contributed by atoms with Gasteiger partial charge in [0, 0.05) is 22.7 Å². The molecule has 8 heteroatoms. The predicted molar refractivity (Wildman–Crippen MR) is 124 cm³/mol. The number of halogens is 1. The Kier molecular flexibility index (Phi) is 6.37. The lowest BCUT2D eigenvalue weighted by atomic mass is 10.1. The smallest absolute Gasteiger partial charge is 0.340 e. The van der Waals surface area contributed by atoms with Crippen molar-refractivity contribution in [3.05, 3.63) is 83.0 Å². The van der Waals surface area contributed by atoms with Gasteiger partial charge in [-0.3, -0.25) is 4.79 Å². The first-order chi connectivity index (χ1) is 15.6. The first-order valence-corrected chi connectivity index (χ1v) is 10.3. The Morgan fingerprint density at radius 1 is 1.09 bits per heavy atom. The van der Waals surface area contributed by atoms with Gasteiger partial charge in [-0.2, -0.15) is 5.10 Å². The number of hydrogen-bond donors (Lipinski definition) is 1. The van der Waals surface area contributed by atoms with E-state index in [-0.39, 0.29) is 12.6 Å². The largest absolute Gasteiger partial charge is 0.484 e. The minimum Gasteiger partial charge on any atom is -0.484 e. The van der Waals surface area contributed by atoms with E-state index in [2.05, 4.69) is 10.5 Å². The normalized spacial score (nSPS) is 11.2. The lowest BCUT2D eigenvalue weighted by Crippen LogP contribution is -2.24. The molecule has 0 aliphatic carbocycles. The van der Waals surface area contributed by atoms with E-state index in [4.69, 9.17) is 21.1 Å². The van der Waals surface area contributed by atoms with E-state index in [1.807, 2.05) is 28.8 Å². The summed E-state index contributed by atoms with van der Waals surface area (Å²) in [4.78, 5) is 24.6. The Labute approximate surface area is 189 Å². The van der Waals surface area contributed by atoms with E-state index in [1.165, 1.54) is 6.21 Å². The number of nitrogens with one attached hydrogen (secondary N) is 1. The number of hydrazone groups is 1. The van der Waals surface area contributed by atoms with E-state index < -0.39 is 5.91 Å². The van der Waals surface area contributed by atoms with Crippen LogP contribution in [0.2, 0.25) is 5.02 Å². The molecule has 1 N–H and O–H groups in total. The second-order valence-electron chi connectivity index (χ2n) is 6.86. The number of amides is 1. The summed E-state index contributed by atoms with van der Waals surface area (Å²) in [5.74, 6) is -0.284. The third-order valence-corrected chi connectivity index (χ3v) is 4.99. The average Bonchev–Trinajstić information content (AvgIpc) is 3.13. The molecule has 0 saturated carbocycles. The van der Waals surface area contributed by atoms with Crippen LogP contribution in [0.1, 0.15) is 22.8 Å². The van der Waals surface area contributed by atoms with E-state index in [0.29, 0.717) is 22.9 Å². The zero-order valence-corrected chi connectivity index (χ0v) is 18.0. The number of carbonyl (C=O) groups excluding carboxylic acids is 2. The van der Waals surface area contributed by atoms with Crippen LogP contribution in [0.15, 0.2) is 72.0 Å². The molecule has 0 bridgehead atoms. The minimum atomic E-state index is -0.400. The number of esters is 1. The maximum absolute atomic E-state index is 12.5.